The molecule has 3 rings (SSSR count). The van der Waals surface area contributed by atoms with E-state index in [1.807, 2.05) is 0 Å². The third kappa shape index (κ3) is 7.19. The maximum Gasteiger partial charge on any atom is 0.411 e. The SMILES string of the molecule is C/C=N\N(/C=C/C(F)(F)F)c1ccc(OCC2CCC(N3CCSN=C3C)CC2)cc1. The monoisotopic (exact) mass is 454 g/mol. The highest BCUT2D eigenvalue weighted by atomic mass is 32.2. The van der Waals surface area contributed by atoms with Crippen molar-refractivity contribution in [2.75, 3.05) is 23.9 Å². The minimum atomic E-state index is -4.39. The van der Waals surface area contributed by atoms with Gasteiger partial charge in [0.25, 0.3) is 0 Å². The first-order chi connectivity index (χ1) is 14.9. The largest absolute Gasteiger partial charge is 0.493 e. The van der Waals surface area contributed by atoms with Crippen LogP contribution in [0.3, 0.4) is 0 Å². The number of amidine groups is 1. The van der Waals surface area contributed by atoms with E-state index in [1.165, 1.54) is 11.2 Å². The summed E-state index contributed by atoms with van der Waals surface area (Å²) in [7, 11) is 0. The molecule has 1 aliphatic carbocycles. The Balaban J connectivity index is 1.49. The molecule has 1 aliphatic heterocycles. The zero-order chi connectivity index (χ0) is 22.3. The Kier molecular flexibility index (Phi) is 8.28. The van der Waals surface area contributed by atoms with E-state index in [0.717, 1.165) is 50.0 Å². The molecule has 0 bridgehead atoms. The Bertz CT molecular complexity index is 787. The van der Waals surface area contributed by atoms with Crippen molar-refractivity contribution < 1.29 is 17.9 Å². The van der Waals surface area contributed by atoms with Gasteiger partial charge in [-0.1, -0.05) is 0 Å². The van der Waals surface area contributed by atoms with E-state index in [0.29, 0.717) is 30.0 Å². The van der Waals surface area contributed by atoms with Crippen molar-refractivity contribution in [2.24, 2.45) is 15.4 Å². The molecule has 0 unspecified atom stereocenters. The van der Waals surface area contributed by atoms with Crippen LogP contribution in [0.15, 0.2) is 46.0 Å². The molecule has 1 aromatic rings. The minimum absolute atomic E-state index is 0.164. The Morgan fingerprint density at radius 2 is 1.94 bits per heavy atom. The van der Waals surface area contributed by atoms with Gasteiger partial charge in [-0.15, -0.1) is 0 Å². The summed E-state index contributed by atoms with van der Waals surface area (Å²) in [5, 5.41) is 5.15. The highest BCUT2D eigenvalue weighted by Gasteiger charge is 2.28. The van der Waals surface area contributed by atoms with Crippen LogP contribution in [0.4, 0.5) is 18.9 Å². The zero-order valence-corrected chi connectivity index (χ0v) is 18.7. The molecule has 1 heterocycles. The summed E-state index contributed by atoms with van der Waals surface area (Å²) in [6.45, 7) is 5.48. The van der Waals surface area contributed by atoms with Crippen molar-refractivity contribution in [3.8, 4) is 5.75 Å². The van der Waals surface area contributed by atoms with Gasteiger partial charge in [0.15, 0.2) is 0 Å². The number of halogens is 3. The van der Waals surface area contributed by atoms with Gasteiger partial charge in [-0.25, -0.2) is 9.41 Å². The van der Waals surface area contributed by atoms with E-state index < -0.39 is 6.18 Å². The molecule has 0 saturated heterocycles. The number of hydrogen-bond donors (Lipinski definition) is 0. The molecule has 0 atom stereocenters. The molecule has 1 fully saturated rings. The highest BCUT2D eigenvalue weighted by molar-refractivity contribution is 7.98. The van der Waals surface area contributed by atoms with Crippen LogP contribution in [0.2, 0.25) is 0 Å². The Morgan fingerprint density at radius 3 is 2.55 bits per heavy atom. The van der Waals surface area contributed by atoms with Gasteiger partial charge in [0.1, 0.15) is 11.6 Å². The van der Waals surface area contributed by atoms with Crippen molar-refractivity contribution in [1.82, 2.24) is 4.90 Å². The lowest BCUT2D eigenvalue weighted by Crippen LogP contribution is -2.44. The van der Waals surface area contributed by atoms with Crippen LogP contribution in [0.1, 0.15) is 39.5 Å². The molecule has 9 heteroatoms. The summed E-state index contributed by atoms with van der Waals surface area (Å²) in [6, 6.07) is 7.53. The molecule has 5 nitrogen and oxygen atoms in total. The molecule has 170 valence electrons. The first-order valence-electron chi connectivity index (χ1n) is 10.6. The molecule has 0 radical (unpaired) electrons. The van der Waals surface area contributed by atoms with Crippen LogP contribution >= 0.6 is 11.9 Å². The minimum Gasteiger partial charge on any atom is -0.493 e. The molecular formula is C22H29F3N4OS. The van der Waals surface area contributed by atoms with Crippen molar-refractivity contribution in [1.29, 1.82) is 0 Å². The fourth-order valence-electron chi connectivity index (χ4n) is 3.94. The zero-order valence-electron chi connectivity index (χ0n) is 17.9. The van der Waals surface area contributed by atoms with E-state index in [4.69, 9.17) is 4.74 Å². The number of ether oxygens (including phenoxy) is 1. The number of alkyl halides is 3. The molecule has 0 spiro atoms. The van der Waals surface area contributed by atoms with Crippen molar-refractivity contribution >= 4 is 29.7 Å². The van der Waals surface area contributed by atoms with Crippen LogP contribution in [0.25, 0.3) is 0 Å². The third-order valence-corrected chi connectivity index (χ3v) is 6.28. The number of rotatable bonds is 7. The summed E-state index contributed by atoms with van der Waals surface area (Å²) in [5.41, 5.74) is 0.531. The molecule has 1 saturated carbocycles. The van der Waals surface area contributed by atoms with E-state index in [-0.39, 0.29) is 6.08 Å². The number of nitrogens with zero attached hydrogens (tertiary/aromatic N) is 4. The second kappa shape index (κ2) is 10.9. The predicted molar refractivity (Wildman–Crippen MR) is 122 cm³/mol. The number of hydrogen-bond acceptors (Lipinski definition) is 6. The second-order valence-electron chi connectivity index (χ2n) is 7.72. The fourth-order valence-corrected chi connectivity index (χ4v) is 4.60. The lowest BCUT2D eigenvalue weighted by Gasteiger charge is -2.39. The summed E-state index contributed by atoms with van der Waals surface area (Å²) in [5.74, 6) is 3.43. The van der Waals surface area contributed by atoms with Crippen molar-refractivity contribution in [3.63, 3.8) is 0 Å². The summed E-state index contributed by atoms with van der Waals surface area (Å²) in [6.07, 6.45) is 2.68. The van der Waals surface area contributed by atoms with Crippen LogP contribution in [-0.4, -0.2) is 48.1 Å². The van der Waals surface area contributed by atoms with E-state index >= 15 is 0 Å². The Labute approximate surface area is 186 Å². The standard InChI is InChI=1S/C22H29F3N4OS/c1-3-26-29(13-12-22(23,24)25)20-8-10-21(11-9-20)30-16-18-4-6-19(7-5-18)28-14-15-31-27-17(28)2/h3,8-13,18-19H,4-7,14-16H2,1-2H3/b13-12+,26-3-. The van der Waals surface area contributed by atoms with Gasteiger partial charge in [-0.05, 0) is 81.7 Å². The van der Waals surface area contributed by atoms with Gasteiger partial charge in [0.2, 0.25) is 0 Å². The Hall–Kier alpha value is -2.16. The average Bonchev–Trinajstić information content (AvgIpc) is 2.76. The topological polar surface area (TPSA) is 40.4 Å². The van der Waals surface area contributed by atoms with Gasteiger partial charge in [-0.3, -0.25) is 0 Å². The molecular weight excluding hydrogens is 425 g/mol. The lowest BCUT2D eigenvalue weighted by atomic mass is 9.85. The van der Waals surface area contributed by atoms with Gasteiger partial charge in [-0.2, -0.15) is 18.3 Å². The molecule has 2 aliphatic rings. The van der Waals surface area contributed by atoms with Gasteiger partial charge in [0.05, 0.1) is 12.3 Å². The van der Waals surface area contributed by atoms with Crippen molar-refractivity contribution in [3.05, 3.63) is 36.5 Å². The van der Waals surface area contributed by atoms with Crippen LogP contribution in [-0.2, 0) is 0 Å². The van der Waals surface area contributed by atoms with Crippen LogP contribution < -0.4 is 9.75 Å². The highest BCUT2D eigenvalue weighted by Crippen LogP contribution is 2.30. The second-order valence-corrected chi connectivity index (χ2v) is 8.57. The summed E-state index contributed by atoms with van der Waals surface area (Å²) < 4.78 is 47.9. The summed E-state index contributed by atoms with van der Waals surface area (Å²) in [4.78, 5) is 2.45. The average molecular weight is 455 g/mol. The van der Waals surface area contributed by atoms with Gasteiger partial charge >= 0.3 is 6.18 Å². The number of allylic oxidation sites excluding steroid dienone is 1. The molecule has 1 aromatic carbocycles. The van der Waals surface area contributed by atoms with E-state index in [1.54, 1.807) is 43.1 Å². The molecule has 31 heavy (non-hydrogen) atoms. The number of hydrazone groups is 1. The van der Waals surface area contributed by atoms with E-state index in [9.17, 15) is 13.2 Å². The summed E-state index contributed by atoms with van der Waals surface area (Å²) >= 11 is 1.65. The van der Waals surface area contributed by atoms with Gasteiger partial charge < -0.3 is 9.64 Å². The van der Waals surface area contributed by atoms with Crippen LogP contribution in [0.5, 0.6) is 5.75 Å². The first-order valence-corrected chi connectivity index (χ1v) is 11.5. The normalized spacial score (nSPS) is 22.7. The van der Waals surface area contributed by atoms with Crippen LogP contribution in [0, 0.1) is 5.92 Å². The van der Waals surface area contributed by atoms with Gasteiger partial charge in [0, 0.05) is 36.8 Å². The maximum atomic E-state index is 12.5. The Morgan fingerprint density at radius 1 is 1.23 bits per heavy atom. The predicted octanol–water partition coefficient (Wildman–Crippen LogP) is 5.89. The maximum absolute atomic E-state index is 12.5. The fraction of sp³-hybridized carbons (Fsp3) is 0.545. The number of anilines is 1. The lowest BCUT2D eigenvalue weighted by molar-refractivity contribution is -0.0800. The van der Waals surface area contributed by atoms with Crippen molar-refractivity contribution in [2.45, 2.75) is 51.7 Å². The number of benzene rings is 1. The third-order valence-electron chi connectivity index (χ3n) is 5.52. The quantitative estimate of drug-likeness (QED) is 0.292. The molecule has 0 amide bonds. The smallest absolute Gasteiger partial charge is 0.411 e. The molecule has 0 aromatic heterocycles. The first kappa shape index (κ1) is 23.5. The van der Waals surface area contributed by atoms with E-state index in [2.05, 4.69) is 21.3 Å². The molecule has 0 N–H and O–H groups in total.